The highest BCUT2D eigenvalue weighted by molar-refractivity contribution is 8.00. The van der Waals surface area contributed by atoms with Crippen molar-refractivity contribution in [2.45, 2.75) is 38.6 Å². The molecule has 0 bridgehead atoms. The van der Waals surface area contributed by atoms with Crippen LogP contribution in [-0.4, -0.2) is 16.7 Å². The molecule has 0 spiro atoms. The summed E-state index contributed by atoms with van der Waals surface area (Å²) in [6, 6.07) is 6.84. The van der Waals surface area contributed by atoms with Gasteiger partial charge in [0.05, 0.1) is 10.9 Å². The Hall–Kier alpha value is -0.930. The lowest BCUT2D eigenvalue weighted by atomic mass is 10.1. The zero-order valence-electron chi connectivity index (χ0n) is 11.6. The van der Waals surface area contributed by atoms with Gasteiger partial charge in [-0.1, -0.05) is 12.6 Å². The molecule has 1 aromatic carbocycles. The second-order valence-electron chi connectivity index (χ2n) is 5.54. The number of anilines is 1. The van der Waals surface area contributed by atoms with E-state index in [0.717, 1.165) is 17.1 Å². The minimum absolute atomic E-state index is 0.151. The molecular weight excluding hydrogens is 240 g/mol. The summed E-state index contributed by atoms with van der Waals surface area (Å²) in [5.74, 6) is 1.07. The van der Waals surface area contributed by atoms with Crippen molar-refractivity contribution in [3.05, 3.63) is 41.6 Å². The van der Waals surface area contributed by atoms with Crippen LogP contribution < -0.4 is 10.6 Å². The van der Waals surface area contributed by atoms with E-state index in [4.69, 9.17) is 0 Å². The van der Waals surface area contributed by atoms with Gasteiger partial charge in [-0.25, -0.2) is 0 Å². The van der Waals surface area contributed by atoms with Crippen molar-refractivity contribution in [2.75, 3.05) is 11.1 Å². The first kappa shape index (κ1) is 13.5. The molecule has 2 nitrogen and oxygen atoms in total. The SMILES string of the molecule is C=C(Nc1cc(C)cc(C)c1)[C@H]1CSC(C)(C)N1. The molecule has 98 valence electrons. The normalized spacial score (nSPS) is 21.9. The Morgan fingerprint density at radius 1 is 1.33 bits per heavy atom. The lowest BCUT2D eigenvalue weighted by Crippen LogP contribution is -2.38. The van der Waals surface area contributed by atoms with E-state index in [-0.39, 0.29) is 4.87 Å². The third kappa shape index (κ3) is 3.30. The van der Waals surface area contributed by atoms with Crippen LogP contribution in [0.4, 0.5) is 5.69 Å². The molecular formula is C15H22N2S. The number of thioether (sulfide) groups is 1. The van der Waals surface area contributed by atoms with Crippen molar-refractivity contribution >= 4 is 17.4 Å². The van der Waals surface area contributed by atoms with Gasteiger partial charge in [0.2, 0.25) is 0 Å². The van der Waals surface area contributed by atoms with Crippen LogP contribution in [0.1, 0.15) is 25.0 Å². The quantitative estimate of drug-likeness (QED) is 0.869. The first-order chi connectivity index (χ1) is 8.35. The fraction of sp³-hybridized carbons (Fsp3) is 0.467. The Balaban J connectivity index is 2.03. The molecule has 1 atom stereocenters. The molecule has 1 aliphatic heterocycles. The van der Waals surface area contributed by atoms with Gasteiger partial charge in [-0.3, -0.25) is 5.32 Å². The van der Waals surface area contributed by atoms with Gasteiger partial charge >= 0.3 is 0 Å². The molecule has 0 amide bonds. The molecule has 0 aliphatic carbocycles. The van der Waals surface area contributed by atoms with Crippen molar-refractivity contribution < 1.29 is 0 Å². The first-order valence-corrected chi connectivity index (χ1v) is 7.30. The Morgan fingerprint density at radius 2 is 1.94 bits per heavy atom. The van der Waals surface area contributed by atoms with Gasteiger partial charge in [0.25, 0.3) is 0 Å². The van der Waals surface area contributed by atoms with Crippen molar-refractivity contribution in [1.29, 1.82) is 0 Å². The fourth-order valence-electron chi connectivity index (χ4n) is 2.30. The van der Waals surface area contributed by atoms with Crippen molar-refractivity contribution in [3.63, 3.8) is 0 Å². The predicted octanol–water partition coefficient (Wildman–Crippen LogP) is 3.67. The van der Waals surface area contributed by atoms with E-state index in [9.17, 15) is 0 Å². The fourth-order valence-corrected chi connectivity index (χ4v) is 3.40. The van der Waals surface area contributed by atoms with Gasteiger partial charge in [-0.2, -0.15) is 0 Å². The summed E-state index contributed by atoms with van der Waals surface area (Å²) in [6.45, 7) is 12.8. The van der Waals surface area contributed by atoms with Crippen LogP contribution in [0.25, 0.3) is 0 Å². The topological polar surface area (TPSA) is 24.1 Å². The van der Waals surface area contributed by atoms with E-state index >= 15 is 0 Å². The third-order valence-electron chi connectivity index (χ3n) is 3.08. The number of nitrogens with one attached hydrogen (secondary N) is 2. The summed E-state index contributed by atoms with van der Waals surface area (Å²) in [6.07, 6.45) is 0. The van der Waals surface area contributed by atoms with Crippen LogP contribution in [0, 0.1) is 13.8 Å². The van der Waals surface area contributed by atoms with Crippen molar-refractivity contribution in [2.24, 2.45) is 0 Å². The maximum Gasteiger partial charge on any atom is 0.0594 e. The van der Waals surface area contributed by atoms with Crippen LogP contribution in [-0.2, 0) is 0 Å². The van der Waals surface area contributed by atoms with E-state index in [1.165, 1.54) is 11.1 Å². The highest BCUT2D eigenvalue weighted by Crippen LogP contribution is 2.31. The van der Waals surface area contributed by atoms with Gasteiger partial charge in [0.15, 0.2) is 0 Å². The standard InChI is InChI=1S/C15H22N2S/c1-10-6-11(2)8-13(7-10)16-12(3)14-9-18-15(4,5)17-14/h6-8,14,16-17H,3,9H2,1-2,4-5H3/t14-/m1/s1. The average molecular weight is 262 g/mol. The number of aryl methyl sites for hydroxylation is 2. The van der Waals surface area contributed by atoms with Crippen LogP contribution in [0.2, 0.25) is 0 Å². The molecule has 1 saturated heterocycles. The van der Waals surface area contributed by atoms with Gasteiger partial charge in [0.1, 0.15) is 0 Å². The molecule has 3 heteroatoms. The lowest BCUT2D eigenvalue weighted by Gasteiger charge is -2.21. The second kappa shape index (κ2) is 4.98. The molecule has 18 heavy (non-hydrogen) atoms. The number of hydrogen-bond donors (Lipinski definition) is 2. The van der Waals surface area contributed by atoms with Crippen molar-refractivity contribution in [1.82, 2.24) is 5.32 Å². The van der Waals surface area contributed by atoms with Crippen LogP contribution in [0.3, 0.4) is 0 Å². The molecule has 2 N–H and O–H groups in total. The molecule has 0 unspecified atom stereocenters. The van der Waals surface area contributed by atoms with Crippen LogP contribution in [0.5, 0.6) is 0 Å². The van der Waals surface area contributed by atoms with Gasteiger partial charge < -0.3 is 5.32 Å². The van der Waals surface area contributed by atoms with E-state index < -0.39 is 0 Å². The van der Waals surface area contributed by atoms with E-state index in [2.05, 4.69) is 63.1 Å². The summed E-state index contributed by atoms with van der Waals surface area (Å²) >= 11 is 1.94. The van der Waals surface area contributed by atoms with E-state index in [1.807, 2.05) is 11.8 Å². The largest absolute Gasteiger partial charge is 0.358 e. The predicted molar refractivity (Wildman–Crippen MR) is 82.1 cm³/mol. The number of benzene rings is 1. The Labute approximate surface area is 114 Å². The summed E-state index contributed by atoms with van der Waals surface area (Å²) in [7, 11) is 0. The zero-order valence-corrected chi connectivity index (χ0v) is 12.4. The summed E-state index contributed by atoms with van der Waals surface area (Å²) < 4.78 is 0. The molecule has 0 aromatic heterocycles. The average Bonchev–Trinajstić information content (AvgIpc) is 2.57. The molecule has 2 rings (SSSR count). The molecule has 1 heterocycles. The summed E-state index contributed by atoms with van der Waals surface area (Å²) in [5, 5.41) is 7.01. The maximum absolute atomic E-state index is 4.17. The highest BCUT2D eigenvalue weighted by atomic mass is 32.2. The van der Waals surface area contributed by atoms with Crippen LogP contribution >= 0.6 is 11.8 Å². The third-order valence-corrected chi connectivity index (χ3v) is 4.42. The van der Waals surface area contributed by atoms with Crippen LogP contribution in [0.15, 0.2) is 30.5 Å². The molecule has 0 radical (unpaired) electrons. The Morgan fingerprint density at radius 3 is 2.44 bits per heavy atom. The van der Waals surface area contributed by atoms with Crippen molar-refractivity contribution in [3.8, 4) is 0 Å². The Bertz CT molecular complexity index is 445. The van der Waals surface area contributed by atoms with E-state index in [0.29, 0.717) is 6.04 Å². The second-order valence-corrected chi connectivity index (χ2v) is 7.19. The van der Waals surface area contributed by atoms with E-state index in [1.54, 1.807) is 0 Å². The molecule has 0 saturated carbocycles. The lowest BCUT2D eigenvalue weighted by molar-refractivity contribution is 0.532. The minimum atomic E-state index is 0.151. The smallest absolute Gasteiger partial charge is 0.0594 e. The number of rotatable bonds is 3. The first-order valence-electron chi connectivity index (χ1n) is 6.31. The number of hydrogen-bond acceptors (Lipinski definition) is 3. The monoisotopic (exact) mass is 262 g/mol. The minimum Gasteiger partial charge on any atom is -0.358 e. The molecule has 1 fully saturated rings. The van der Waals surface area contributed by atoms with Gasteiger partial charge in [0, 0.05) is 17.1 Å². The molecule has 1 aliphatic rings. The Kier molecular flexibility index (Phi) is 3.74. The molecule has 1 aromatic rings. The zero-order chi connectivity index (χ0) is 13.3. The maximum atomic E-state index is 4.17. The summed E-state index contributed by atoms with van der Waals surface area (Å²) in [5.41, 5.74) is 4.74. The highest BCUT2D eigenvalue weighted by Gasteiger charge is 2.31. The summed E-state index contributed by atoms with van der Waals surface area (Å²) in [4.78, 5) is 0.151. The van der Waals surface area contributed by atoms with Gasteiger partial charge in [-0.05, 0) is 51.0 Å². The van der Waals surface area contributed by atoms with Gasteiger partial charge in [-0.15, -0.1) is 11.8 Å².